The molecule has 98 valence electrons. The van der Waals surface area contributed by atoms with Crippen molar-refractivity contribution in [1.29, 1.82) is 0 Å². The predicted molar refractivity (Wildman–Crippen MR) is 66.2 cm³/mol. The van der Waals surface area contributed by atoms with Crippen LogP contribution < -0.4 is 29.6 Å². The van der Waals surface area contributed by atoms with Gasteiger partial charge in [-0.15, -0.1) is 11.8 Å². The molecule has 0 unspecified atom stereocenters. The average molecular weight is 310 g/mol. The average Bonchev–Trinajstić information content (AvgIpc) is 2.75. The summed E-state index contributed by atoms with van der Waals surface area (Å²) >= 11 is 1.49. The molecule has 0 fully saturated rings. The molecule has 19 heavy (non-hydrogen) atoms. The maximum Gasteiger partial charge on any atom is 1.00 e. The van der Waals surface area contributed by atoms with Gasteiger partial charge in [-0.2, -0.15) is 0 Å². The minimum atomic E-state index is -4.10. The van der Waals surface area contributed by atoms with Crippen LogP contribution in [-0.2, 0) is 10.1 Å². The Hall–Kier alpha value is -0.190. The number of nitrogens with zero attached hydrogens (tertiary/aromatic N) is 3. The molecule has 0 bridgehead atoms. The molecule has 0 atom stereocenters. The Kier molecular flexibility index (Phi) is 6.71. The predicted octanol–water partition coefficient (Wildman–Crippen LogP) is -2.23. The van der Waals surface area contributed by atoms with Crippen molar-refractivity contribution in [2.45, 2.75) is 17.9 Å². The van der Waals surface area contributed by atoms with Crippen LogP contribution in [0.15, 0.2) is 17.7 Å². The molecule has 1 N–H and O–H groups in total. The Bertz CT molecular complexity index is 631. The van der Waals surface area contributed by atoms with E-state index in [1.54, 1.807) is 6.33 Å². The van der Waals surface area contributed by atoms with Gasteiger partial charge in [0.2, 0.25) is 0 Å². The zero-order chi connectivity index (χ0) is 13.0. The molecule has 2 heterocycles. The fourth-order valence-electron chi connectivity index (χ4n) is 1.40. The summed E-state index contributed by atoms with van der Waals surface area (Å²) in [6.45, 7) is 0. The van der Waals surface area contributed by atoms with Crippen LogP contribution in [0.2, 0.25) is 0 Å². The molecule has 2 aromatic rings. The molecule has 0 saturated carbocycles. The van der Waals surface area contributed by atoms with Crippen molar-refractivity contribution in [3.63, 3.8) is 0 Å². The summed E-state index contributed by atoms with van der Waals surface area (Å²) in [4.78, 5) is 15.1. The maximum atomic E-state index is 10.4. The third-order valence-corrected chi connectivity index (χ3v) is 4.08. The van der Waals surface area contributed by atoms with Crippen LogP contribution in [0, 0.1) is 0 Å². The molecular formula is C9H11N4NaO3S2. The minimum absolute atomic E-state index is 0. The van der Waals surface area contributed by atoms with E-state index in [9.17, 15) is 13.0 Å². The molecule has 0 aromatic carbocycles. The number of H-pyrrole nitrogens is 1. The van der Waals surface area contributed by atoms with E-state index in [1.165, 1.54) is 18.1 Å². The van der Waals surface area contributed by atoms with Crippen molar-refractivity contribution in [1.82, 2.24) is 19.9 Å². The van der Waals surface area contributed by atoms with E-state index in [-0.39, 0.29) is 35.3 Å². The summed E-state index contributed by atoms with van der Waals surface area (Å²) in [5.41, 5.74) is 1.38. The summed E-state index contributed by atoms with van der Waals surface area (Å²) in [5.74, 6) is 0.386. The zero-order valence-electron chi connectivity index (χ0n) is 10.4. The summed E-state index contributed by atoms with van der Waals surface area (Å²) < 4.78 is 31.2. The Morgan fingerprint density at radius 2 is 2.05 bits per heavy atom. The number of imidazole rings is 1. The van der Waals surface area contributed by atoms with Gasteiger partial charge in [0, 0.05) is 5.75 Å². The Morgan fingerprint density at radius 1 is 1.26 bits per heavy atom. The molecule has 0 aliphatic carbocycles. The number of nitrogens with one attached hydrogen (secondary N) is 1. The van der Waals surface area contributed by atoms with E-state index in [0.29, 0.717) is 24.2 Å². The van der Waals surface area contributed by atoms with Crippen LogP contribution in [-0.4, -0.2) is 44.4 Å². The summed E-state index contributed by atoms with van der Waals surface area (Å²) in [5, 5.41) is 0.780. The molecule has 10 heteroatoms. The normalized spacial score (nSPS) is 11.4. The third kappa shape index (κ3) is 5.36. The number of thioether (sulfide) groups is 1. The number of rotatable bonds is 6. The van der Waals surface area contributed by atoms with Crippen LogP contribution in [0.4, 0.5) is 0 Å². The van der Waals surface area contributed by atoms with Gasteiger partial charge >= 0.3 is 29.6 Å². The smallest absolute Gasteiger partial charge is 0.748 e. The molecule has 0 aliphatic heterocycles. The van der Waals surface area contributed by atoms with Gasteiger partial charge in [0.1, 0.15) is 16.9 Å². The number of aromatic amines is 1. The molecule has 0 saturated heterocycles. The minimum Gasteiger partial charge on any atom is -0.748 e. The first-order valence-corrected chi connectivity index (χ1v) is 7.83. The van der Waals surface area contributed by atoms with Crippen molar-refractivity contribution < 1.29 is 42.5 Å². The second-order valence-corrected chi connectivity index (χ2v) is 6.20. The number of hydrogen-bond donors (Lipinski definition) is 1. The zero-order valence-corrected chi connectivity index (χ0v) is 14.0. The monoisotopic (exact) mass is 310 g/mol. The second-order valence-electron chi connectivity index (χ2n) is 3.60. The Labute approximate surface area is 137 Å². The quantitative estimate of drug-likeness (QED) is 0.211. The summed E-state index contributed by atoms with van der Waals surface area (Å²) in [6.07, 6.45) is 4.00. The number of fused-ring (bicyclic) bond motifs is 1. The van der Waals surface area contributed by atoms with Gasteiger partial charge in [0.25, 0.3) is 0 Å². The van der Waals surface area contributed by atoms with Crippen molar-refractivity contribution in [3.8, 4) is 0 Å². The fraction of sp³-hybridized carbons (Fsp3) is 0.444. The van der Waals surface area contributed by atoms with Crippen LogP contribution >= 0.6 is 11.8 Å². The standard InChI is InChI=1S/C9H12N4O3S2.Na/c14-18(15,16)4-2-1-3-17-9-7-8(11-5-10-7)12-6-13-9;/h5-6H,1-4H2,(H,14,15,16)(H,10,11,12,13);/q;+1/p-1. The molecule has 0 amide bonds. The van der Waals surface area contributed by atoms with E-state index >= 15 is 0 Å². The van der Waals surface area contributed by atoms with Crippen molar-refractivity contribution in [2.75, 3.05) is 11.5 Å². The van der Waals surface area contributed by atoms with Crippen LogP contribution in [0.5, 0.6) is 0 Å². The number of hydrogen-bond acceptors (Lipinski definition) is 7. The Morgan fingerprint density at radius 3 is 2.79 bits per heavy atom. The molecule has 7 nitrogen and oxygen atoms in total. The van der Waals surface area contributed by atoms with Gasteiger partial charge in [-0.3, -0.25) is 0 Å². The first kappa shape index (κ1) is 16.9. The van der Waals surface area contributed by atoms with Gasteiger partial charge in [-0.05, 0) is 18.6 Å². The SMILES string of the molecule is O=S(=O)([O-])CCCCSc1ncnc2nc[nH]c12.[Na+]. The van der Waals surface area contributed by atoms with Crippen LogP contribution in [0.3, 0.4) is 0 Å². The van der Waals surface area contributed by atoms with Gasteiger partial charge in [0.15, 0.2) is 5.65 Å². The van der Waals surface area contributed by atoms with E-state index < -0.39 is 10.1 Å². The van der Waals surface area contributed by atoms with Gasteiger partial charge in [0.05, 0.1) is 16.4 Å². The number of aromatic nitrogens is 4. The molecule has 0 radical (unpaired) electrons. The Balaban J connectivity index is 0.00000180. The van der Waals surface area contributed by atoms with Crippen molar-refractivity contribution in [3.05, 3.63) is 12.7 Å². The fourth-order valence-corrected chi connectivity index (χ4v) is 2.92. The second kappa shape index (κ2) is 7.55. The molecular weight excluding hydrogens is 299 g/mol. The maximum absolute atomic E-state index is 10.4. The van der Waals surface area contributed by atoms with E-state index in [2.05, 4.69) is 19.9 Å². The van der Waals surface area contributed by atoms with Gasteiger partial charge in [-0.25, -0.2) is 23.4 Å². The van der Waals surface area contributed by atoms with Gasteiger partial charge in [-0.1, -0.05) is 0 Å². The molecule has 2 rings (SSSR count). The summed E-state index contributed by atoms with van der Waals surface area (Å²) in [7, 11) is -4.10. The van der Waals surface area contributed by atoms with E-state index in [1.807, 2.05) is 0 Å². The number of unbranched alkanes of at least 4 members (excludes halogenated alkanes) is 1. The topological polar surface area (TPSA) is 112 Å². The molecule has 0 aliphatic rings. The third-order valence-electron chi connectivity index (χ3n) is 2.22. The van der Waals surface area contributed by atoms with Crippen LogP contribution in [0.25, 0.3) is 11.2 Å². The van der Waals surface area contributed by atoms with Crippen LogP contribution in [0.1, 0.15) is 12.8 Å². The first-order valence-electron chi connectivity index (χ1n) is 5.27. The summed E-state index contributed by atoms with van der Waals surface area (Å²) in [6, 6.07) is 0. The molecule has 2 aromatic heterocycles. The largest absolute Gasteiger partial charge is 1.00 e. The van der Waals surface area contributed by atoms with E-state index in [4.69, 9.17) is 0 Å². The molecule has 0 spiro atoms. The first-order chi connectivity index (χ1) is 8.56. The van der Waals surface area contributed by atoms with Crippen molar-refractivity contribution >= 4 is 33.0 Å². The van der Waals surface area contributed by atoms with Gasteiger partial charge < -0.3 is 9.54 Å². The van der Waals surface area contributed by atoms with Crippen molar-refractivity contribution in [2.24, 2.45) is 0 Å². The van der Waals surface area contributed by atoms with E-state index in [0.717, 1.165) is 10.5 Å².